The Labute approximate surface area is 476 Å². The number of amides is 6. The van der Waals surface area contributed by atoms with Crippen molar-refractivity contribution in [2.75, 3.05) is 70.9 Å². The lowest BCUT2D eigenvalue weighted by Crippen LogP contribution is -2.59. The molecule has 22 nitrogen and oxygen atoms in total. The molecular weight excluding hydrogens is 1080 g/mol. The molecule has 434 valence electrons. The number of aromatic nitrogens is 6. The minimum absolute atomic E-state index is 0.0615. The Morgan fingerprint density at radius 1 is 0.927 bits per heavy atom. The van der Waals surface area contributed by atoms with E-state index >= 15 is 4.39 Å². The molecule has 6 heterocycles. The van der Waals surface area contributed by atoms with Gasteiger partial charge < -0.3 is 46.2 Å². The van der Waals surface area contributed by atoms with Gasteiger partial charge in [0.1, 0.15) is 17.9 Å². The number of aliphatic hydroxyl groups is 1. The fraction of sp³-hybridized carbons (Fsp3) is 0.474. The molecule has 82 heavy (non-hydrogen) atoms. The summed E-state index contributed by atoms with van der Waals surface area (Å²) in [5, 5.41) is 32.0. The second-order valence-corrected chi connectivity index (χ2v) is 23.5. The third kappa shape index (κ3) is 13.4. The molecule has 0 bridgehead atoms. The predicted molar refractivity (Wildman–Crippen MR) is 300 cm³/mol. The Bertz CT molecular complexity index is 3320. The number of nitrogens with zero attached hydrogens (tertiary/aromatic N) is 8. The number of halogens is 2. The number of likely N-dealkylation sites (tertiary alicyclic amines) is 1. The standard InChI is InChI=1S/C57H68F2N14O8S/c1-33-48(82-32-63-33)36-9-7-34(8-10-36)42(68-52(77)44-24-39(74)29-73(44)54(79)49(56(2,3)4)69-55(80)57(59)13-14-57)25-46(75)60-15-21-81-22-16-61-47(76)31-70-17-19-71(20-18-70)53(78)37-11-12-41(40(58)23-37)66-50-51-62-28-45(38-26-64-65-27-38)72(51)30-43(67-50)35-5-6-35/h7-12,23,26-28,30,32,35,39,42,44,49,74H,5-6,13-22,24-25,29,31H2,1-4H3,(H,60,75)(H,61,76)(H,64,65)(H,66,67)(H,68,77)(H,69,80)/t39-,42+,44+,49-/m1/s1. The summed E-state index contributed by atoms with van der Waals surface area (Å²) in [5.74, 6) is -2.95. The summed E-state index contributed by atoms with van der Waals surface area (Å²) >= 11 is 1.49. The number of benzene rings is 2. The van der Waals surface area contributed by atoms with Gasteiger partial charge in [-0.2, -0.15) is 5.10 Å². The number of alkyl halides is 1. The third-order valence-electron chi connectivity index (χ3n) is 15.3. The van der Waals surface area contributed by atoms with Crippen LogP contribution < -0.4 is 26.6 Å². The quantitative estimate of drug-likeness (QED) is 0.0460. The topological polar surface area (TPSA) is 274 Å². The second-order valence-electron chi connectivity index (χ2n) is 22.6. The Balaban J connectivity index is 0.660. The molecule has 2 aromatic carbocycles. The number of rotatable bonds is 22. The first-order valence-corrected chi connectivity index (χ1v) is 28.6. The highest BCUT2D eigenvalue weighted by molar-refractivity contribution is 7.13. The minimum atomic E-state index is -2.03. The highest BCUT2D eigenvalue weighted by Gasteiger charge is 2.53. The zero-order valence-corrected chi connectivity index (χ0v) is 47.0. The van der Waals surface area contributed by atoms with Gasteiger partial charge in [-0.25, -0.2) is 23.7 Å². The van der Waals surface area contributed by atoms with Crippen LogP contribution in [0.4, 0.5) is 20.3 Å². The van der Waals surface area contributed by atoms with Crippen molar-refractivity contribution in [1.82, 2.24) is 65.5 Å². The monoisotopic (exact) mass is 1150 g/mol. The zero-order chi connectivity index (χ0) is 57.9. The lowest BCUT2D eigenvalue weighted by atomic mass is 9.85. The Hall–Kier alpha value is -7.74. The number of β-amino-alcohol motifs (C(OH)–C–C–N with tert-alkyl or cyclic N) is 1. The van der Waals surface area contributed by atoms with Crippen LogP contribution in [-0.2, 0) is 28.7 Å². The zero-order valence-electron chi connectivity index (χ0n) is 46.2. The van der Waals surface area contributed by atoms with E-state index in [0.717, 1.165) is 45.9 Å². The van der Waals surface area contributed by atoms with E-state index in [2.05, 4.69) is 46.7 Å². The number of hydrogen-bond donors (Lipinski definition) is 7. The average Bonchev–Trinajstić information content (AvgIpc) is 4.26. The SMILES string of the molecule is Cc1ncsc1-c1ccc([C@H](CC(=O)NCCOCCNC(=O)CN2CCN(C(=O)c3ccc(Nc4nc(C5CC5)cn5c(-c6cn[nH]c6)cnc45)c(F)c3)CC2)NC(=O)[C@@H]2C[C@@H](O)CN2C(=O)[C@@H](NC(=O)C2(F)CC2)C(C)(C)C)cc1. The number of ether oxygens (including phenoxy) is 1. The van der Waals surface area contributed by atoms with Crippen molar-refractivity contribution >= 4 is 63.9 Å². The van der Waals surface area contributed by atoms with Gasteiger partial charge in [0, 0.05) is 81.7 Å². The van der Waals surface area contributed by atoms with Crippen LogP contribution in [0.25, 0.3) is 27.3 Å². The summed E-state index contributed by atoms with van der Waals surface area (Å²) in [6.45, 7) is 9.20. The van der Waals surface area contributed by atoms with Gasteiger partial charge in [0.2, 0.25) is 23.6 Å². The number of nitrogens with one attached hydrogen (secondary N) is 6. The number of fused-ring (bicyclic) bond motifs is 1. The number of thiazole rings is 1. The molecule has 25 heteroatoms. The lowest BCUT2D eigenvalue weighted by molar-refractivity contribution is -0.145. The first-order chi connectivity index (χ1) is 39.3. The van der Waals surface area contributed by atoms with Crippen LogP contribution in [0.15, 0.2) is 72.8 Å². The van der Waals surface area contributed by atoms with Crippen molar-refractivity contribution in [3.63, 3.8) is 0 Å². The number of imidazole rings is 1. The molecule has 6 aromatic rings. The Kier molecular flexibility index (Phi) is 17.1. The second kappa shape index (κ2) is 24.4. The molecule has 2 aliphatic carbocycles. The fourth-order valence-electron chi connectivity index (χ4n) is 10.3. The van der Waals surface area contributed by atoms with E-state index in [-0.39, 0.29) is 88.1 Å². The lowest BCUT2D eigenvalue weighted by Gasteiger charge is -2.36. The molecule has 4 aromatic heterocycles. The number of aliphatic hydroxyl groups excluding tert-OH is 1. The number of anilines is 2. The average molecular weight is 1150 g/mol. The van der Waals surface area contributed by atoms with Gasteiger partial charge in [0.15, 0.2) is 17.1 Å². The van der Waals surface area contributed by atoms with Crippen LogP contribution in [0.5, 0.6) is 0 Å². The van der Waals surface area contributed by atoms with Crippen molar-refractivity contribution in [3.8, 4) is 21.7 Å². The first kappa shape index (κ1) is 57.5. The van der Waals surface area contributed by atoms with Crippen LogP contribution in [0.1, 0.15) is 98.6 Å². The van der Waals surface area contributed by atoms with Crippen molar-refractivity contribution in [3.05, 3.63) is 101 Å². The van der Waals surface area contributed by atoms with E-state index in [1.54, 1.807) is 55.8 Å². The van der Waals surface area contributed by atoms with E-state index in [1.807, 2.05) is 46.7 Å². The summed E-state index contributed by atoms with van der Waals surface area (Å²) in [4.78, 5) is 101. The highest BCUT2D eigenvalue weighted by Crippen LogP contribution is 2.42. The third-order valence-corrected chi connectivity index (χ3v) is 16.3. The van der Waals surface area contributed by atoms with Gasteiger partial charge in [-0.15, -0.1) is 11.3 Å². The van der Waals surface area contributed by atoms with E-state index in [0.29, 0.717) is 49.1 Å². The highest BCUT2D eigenvalue weighted by atomic mass is 32.1. The Morgan fingerprint density at radius 3 is 2.30 bits per heavy atom. The summed E-state index contributed by atoms with van der Waals surface area (Å²) in [6, 6.07) is 8.51. The van der Waals surface area contributed by atoms with Crippen LogP contribution in [0.2, 0.25) is 0 Å². The molecule has 4 atom stereocenters. The fourth-order valence-corrected chi connectivity index (χ4v) is 11.1. The van der Waals surface area contributed by atoms with Gasteiger partial charge in [-0.05, 0) is 67.3 Å². The first-order valence-electron chi connectivity index (χ1n) is 27.7. The molecule has 2 aliphatic heterocycles. The minimum Gasteiger partial charge on any atom is -0.391 e. The largest absolute Gasteiger partial charge is 0.391 e. The molecule has 4 aliphatic rings. The molecular formula is C57H68F2N14O8S. The summed E-state index contributed by atoms with van der Waals surface area (Å²) in [7, 11) is 0. The molecule has 0 radical (unpaired) electrons. The maximum absolute atomic E-state index is 15.7. The van der Waals surface area contributed by atoms with Gasteiger partial charge >= 0.3 is 0 Å². The van der Waals surface area contributed by atoms with E-state index in [9.17, 15) is 38.3 Å². The van der Waals surface area contributed by atoms with Gasteiger partial charge in [-0.1, -0.05) is 45.0 Å². The predicted octanol–water partition coefficient (Wildman–Crippen LogP) is 4.56. The molecule has 7 N–H and O–H groups in total. The molecule has 2 saturated heterocycles. The number of piperazine rings is 1. The van der Waals surface area contributed by atoms with Crippen LogP contribution in [0.3, 0.4) is 0 Å². The summed E-state index contributed by atoms with van der Waals surface area (Å²) in [6.07, 6.45) is 8.02. The summed E-state index contributed by atoms with van der Waals surface area (Å²) < 4.78 is 38.1. The van der Waals surface area contributed by atoms with E-state index < -0.39 is 64.8 Å². The number of aromatic amines is 1. The molecule has 6 amide bonds. The van der Waals surface area contributed by atoms with Gasteiger partial charge in [0.25, 0.3) is 11.8 Å². The molecule has 0 unspecified atom stereocenters. The summed E-state index contributed by atoms with van der Waals surface area (Å²) in [5.41, 5.74) is 4.66. The van der Waals surface area contributed by atoms with Crippen molar-refractivity contribution in [2.24, 2.45) is 5.41 Å². The molecule has 2 saturated carbocycles. The number of carbonyl (C=O) groups excluding carboxylic acids is 6. The molecule has 10 rings (SSSR count). The number of carbonyl (C=O) groups is 6. The van der Waals surface area contributed by atoms with Gasteiger partial charge in [-0.3, -0.25) is 43.2 Å². The number of aryl methyl sites for hydroxylation is 1. The van der Waals surface area contributed by atoms with Crippen LogP contribution >= 0.6 is 11.3 Å². The molecule has 4 fully saturated rings. The number of hydrogen-bond acceptors (Lipinski definition) is 15. The molecule has 0 spiro atoms. The van der Waals surface area contributed by atoms with Crippen LogP contribution in [0, 0.1) is 18.2 Å². The smallest absolute Gasteiger partial charge is 0.258 e. The van der Waals surface area contributed by atoms with Crippen molar-refractivity contribution in [2.45, 2.75) is 102 Å². The van der Waals surface area contributed by atoms with E-state index in [4.69, 9.17) is 9.72 Å². The van der Waals surface area contributed by atoms with E-state index in [1.165, 1.54) is 28.4 Å². The van der Waals surface area contributed by atoms with Gasteiger partial charge in [0.05, 0.1) is 83.9 Å². The maximum atomic E-state index is 15.7. The van der Waals surface area contributed by atoms with Crippen molar-refractivity contribution < 1.29 is 47.4 Å². The number of H-pyrrole nitrogens is 1. The normalized spacial score (nSPS) is 18.7. The Morgan fingerprint density at radius 2 is 1.66 bits per heavy atom. The van der Waals surface area contributed by atoms with Crippen LogP contribution in [-0.4, -0.2) is 174 Å². The van der Waals surface area contributed by atoms with Crippen molar-refractivity contribution in [1.29, 1.82) is 0 Å². The maximum Gasteiger partial charge on any atom is 0.258 e.